The molecule has 12 unspecified atom stereocenters. The molecule has 0 aromatic rings. The van der Waals surface area contributed by atoms with Crippen molar-refractivity contribution in [2.24, 2.45) is 71.0 Å². The van der Waals surface area contributed by atoms with Crippen molar-refractivity contribution in [2.75, 3.05) is 0 Å². The number of nitrogens with zero attached hydrogens (tertiary/aromatic N) is 2. The molecule has 2 heteroatoms. The van der Waals surface area contributed by atoms with Gasteiger partial charge in [0.2, 0.25) is 0 Å². The van der Waals surface area contributed by atoms with Gasteiger partial charge < -0.3 is 0 Å². The molecule has 11 aliphatic carbocycles. The zero-order valence-corrected chi connectivity index (χ0v) is 39.6. The largest absolute Gasteiger partial charge is 0.294 e. The van der Waals surface area contributed by atoms with Crippen molar-refractivity contribution < 1.29 is 0 Å². The van der Waals surface area contributed by atoms with Crippen molar-refractivity contribution in [3.8, 4) is 0 Å². The maximum Gasteiger partial charge on any atom is 0.0104 e. The third-order valence-electron chi connectivity index (χ3n) is 22.9. The second kappa shape index (κ2) is 19.8. The van der Waals surface area contributed by atoms with Crippen LogP contribution in [0.25, 0.3) is 0 Å². The molecule has 11 rings (SSSR count). The summed E-state index contributed by atoms with van der Waals surface area (Å²) in [6, 6.07) is 5.63. The van der Waals surface area contributed by atoms with Gasteiger partial charge in [0.05, 0.1) is 0 Å². The van der Waals surface area contributed by atoms with E-state index < -0.39 is 0 Å². The van der Waals surface area contributed by atoms with E-state index in [0.29, 0.717) is 0 Å². The van der Waals surface area contributed by atoms with Gasteiger partial charge in [-0.2, -0.15) is 0 Å². The molecule has 11 fully saturated rings. The van der Waals surface area contributed by atoms with Crippen LogP contribution in [0, 0.1) is 71.0 Å². The molecule has 0 aromatic carbocycles. The highest BCUT2D eigenvalue weighted by molar-refractivity contribution is 5.06. The molecule has 0 aromatic heterocycles. The summed E-state index contributed by atoms with van der Waals surface area (Å²) in [7, 11) is 0. The van der Waals surface area contributed by atoms with Crippen LogP contribution in [0.2, 0.25) is 0 Å². The molecule has 0 heterocycles. The van der Waals surface area contributed by atoms with Crippen LogP contribution in [0.15, 0.2) is 0 Å². The van der Waals surface area contributed by atoms with Crippen molar-refractivity contribution >= 4 is 0 Å². The summed E-state index contributed by atoms with van der Waals surface area (Å²) < 4.78 is 0. The predicted octanol–water partition coefficient (Wildman–Crippen LogP) is 15.9. The molecule has 0 spiro atoms. The van der Waals surface area contributed by atoms with E-state index in [-0.39, 0.29) is 0 Å². The van der Waals surface area contributed by atoms with Crippen molar-refractivity contribution in [2.45, 2.75) is 293 Å². The van der Waals surface area contributed by atoms with E-state index in [9.17, 15) is 0 Å². The standard InChI is InChI=1S/C58H98N2/c1-5-17-47(18-6-1)59(48-19-7-2-8-20-48)51-35-33-41-37-45(31-29-43(41)39-51)57-53-25-13-15-27-55(53)58(56-28-16-14-26-54(56)57)46-32-30-44-40-52(36-34-42(44)38-46)60(49-21-9-3-10-22-49)50-23-11-4-12-24-50/h41-58H,1-40H2. The Bertz CT molecular complexity index is 1160. The Hall–Kier alpha value is -0.0800. The molecule has 0 saturated heterocycles. The van der Waals surface area contributed by atoms with Crippen LogP contribution in [-0.2, 0) is 0 Å². The summed E-state index contributed by atoms with van der Waals surface area (Å²) >= 11 is 0. The summed E-state index contributed by atoms with van der Waals surface area (Å²) in [4.78, 5) is 6.56. The monoisotopic (exact) mass is 823 g/mol. The van der Waals surface area contributed by atoms with Crippen LogP contribution in [-0.4, -0.2) is 46.1 Å². The highest BCUT2D eigenvalue weighted by Gasteiger charge is 2.57. The summed E-state index contributed by atoms with van der Waals surface area (Å²) in [5, 5.41) is 0. The fourth-order valence-electron chi connectivity index (χ4n) is 20.7. The van der Waals surface area contributed by atoms with Gasteiger partial charge in [-0.05, 0) is 225 Å². The van der Waals surface area contributed by atoms with Gasteiger partial charge in [0.25, 0.3) is 0 Å². The van der Waals surface area contributed by atoms with E-state index in [0.717, 1.165) is 107 Å². The zero-order chi connectivity index (χ0) is 39.8. The minimum absolute atomic E-state index is 0.938. The Labute approximate surface area is 372 Å². The van der Waals surface area contributed by atoms with Crippen LogP contribution in [0.4, 0.5) is 0 Å². The number of fused-ring (bicyclic) bond motifs is 4. The van der Waals surface area contributed by atoms with Gasteiger partial charge >= 0.3 is 0 Å². The van der Waals surface area contributed by atoms with Crippen LogP contribution in [0.5, 0.6) is 0 Å². The van der Waals surface area contributed by atoms with Crippen LogP contribution < -0.4 is 0 Å². The highest BCUT2D eigenvalue weighted by atomic mass is 15.2. The molecular weight excluding hydrogens is 725 g/mol. The zero-order valence-electron chi connectivity index (χ0n) is 39.6. The van der Waals surface area contributed by atoms with E-state index in [4.69, 9.17) is 0 Å². The lowest BCUT2D eigenvalue weighted by molar-refractivity contribution is -0.126. The number of hydrogen-bond donors (Lipinski definition) is 0. The van der Waals surface area contributed by atoms with E-state index in [1.54, 1.807) is 128 Å². The molecule has 0 aliphatic heterocycles. The molecule has 0 radical (unpaired) electrons. The van der Waals surface area contributed by atoms with Crippen molar-refractivity contribution in [3.63, 3.8) is 0 Å². The lowest BCUT2D eigenvalue weighted by Crippen LogP contribution is -2.56. The third kappa shape index (κ3) is 8.81. The van der Waals surface area contributed by atoms with E-state index in [2.05, 4.69) is 9.80 Å². The van der Waals surface area contributed by atoms with Gasteiger partial charge in [-0.15, -0.1) is 0 Å². The fourth-order valence-corrected chi connectivity index (χ4v) is 20.7. The Morgan fingerprint density at radius 2 is 0.433 bits per heavy atom. The summed E-state index contributed by atoms with van der Waals surface area (Å²) in [5.41, 5.74) is 0. The Kier molecular flexibility index (Phi) is 14.0. The fraction of sp³-hybridized carbons (Fsp3) is 1.00. The molecule has 0 amide bonds. The minimum Gasteiger partial charge on any atom is -0.294 e. The van der Waals surface area contributed by atoms with Gasteiger partial charge in [-0.1, -0.05) is 103 Å². The summed E-state index contributed by atoms with van der Waals surface area (Å²) in [6.07, 6.45) is 62.6. The average molecular weight is 823 g/mol. The second-order valence-electron chi connectivity index (χ2n) is 25.6. The maximum absolute atomic E-state index is 3.28. The van der Waals surface area contributed by atoms with Crippen molar-refractivity contribution in [1.29, 1.82) is 0 Å². The number of rotatable bonds is 8. The molecule has 0 bridgehead atoms. The Balaban J connectivity index is 0.758. The van der Waals surface area contributed by atoms with Crippen LogP contribution in [0.1, 0.15) is 257 Å². The average Bonchev–Trinajstić information content (AvgIpc) is 3.32. The molecule has 0 N–H and O–H groups in total. The summed E-state index contributed by atoms with van der Waals surface area (Å²) in [5.74, 6) is 13.2. The Morgan fingerprint density at radius 3 is 0.750 bits per heavy atom. The quantitative estimate of drug-likeness (QED) is 0.241. The predicted molar refractivity (Wildman–Crippen MR) is 253 cm³/mol. The molecule has 11 aliphatic rings. The van der Waals surface area contributed by atoms with Gasteiger partial charge in [0, 0.05) is 36.3 Å². The van der Waals surface area contributed by atoms with Crippen molar-refractivity contribution in [3.05, 3.63) is 0 Å². The summed E-state index contributed by atoms with van der Waals surface area (Å²) in [6.45, 7) is 0. The Morgan fingerprint density at radius 1 is 0.183 bits per heavy atom. The van der Waals surface area contributed by atoms with E-state index in [1.165, 1.54) is 128 Å². The highest BCUT2D eigenvalue weighted by Crippen LogP contribution is 2.64. The third-order valence-corrected chi connectivity index (χ3v) is 22.9. The molecule has 60 heavy (non-hydrogen) atoms. The van der Waals surface area contributed by atoms with Gasteiger partial charge in [0.1, 0.15) is 0 Å². The first-order valence-electron chi connectivity index (χ1n) is 29.3. The van der Waals surface area contributed by atoms with Gasteiger partial charge in [-0.25, -0.2) is 0 Å². The van der Waals surface area contributed by atoms with Crippen molar-refractivity contribution in [1.82, 2.24) is 9.80 Å². The second-order valence-corrected chi connectivity index (χ2v) is 25.6. The molecule has 340 valence electrons. The van der Waals surface area contributed by atoms with Crippen LogP contribution >= 0.6 is 0 Å². The normalized spacial score (nSPS) is 45.7. The molecule has 11 saturated carbocycles. The maximum atomic E-state index is 3.28. The lowest BCUT2D eigenvalue weighted by Gasteiger charge is -2.61. The van der Waals surface area contributed by atoms with Gasteiger partial charge in [0.15, 0.2) is 0 Å². The first-order chi connectivity index (χ1) is 29.8. The minimum atomic E-state index is 0.938. The SMILES string of the molecule is C1CCC(N(C2CCCCC2)C2CCC3CC(C4C5CCCCC5C(C5CCC6CC(N(C7CCCCC7)C7CCCCC7)CCC6C5)C5CCCCC54)CCC3C2)CC1. The topological polar surface area (TPSA) is 6.48 Å². The van der Waals surface area contributed by atoms with E-state index in [1.807, 2.05) is 0 Å². The molecule has 2 nitrogen and oxygen atoms in total. The lowest BCUT2D eigenvalue weighted by atomic mass is 9.44. The molecule has 12 atom stereocenters. The van der Waals surface area contributed by atoms with Gasteiger partial charge in [-0.3, -0.25) is 9.80 Å². The first-order valence-corrected chi connectivity index (χ1v) is 29.3. The van der Waals surface area contributed by atoms with E-state index >= 15 is 0 Å². The molecular formula is C58H98N2. The first kappa shape index (κ1) is 42.5. The van der Waals surface area contributed by atoms with Crippen LogP contribution in [0.3, 0.4) is 0 Å². The number of hydrogen-bond acceptors (Lipinski definition) is 2. The smallest absolute Gasteiger partial charge is 0.0104 e.